The molecule has 10 heavy (non-hydrogen) atoms. The molecule has 1 heterocycles. The van der Waals surface area contributed by atoms with Crippen molar-refractivity contribution in [2.45, 2.75) is 19.5 Å². The molecule has 0 aliphatic carbocycles. The Labute approximate surface area is 58.0 Å². The zero-order valence-corrected chi connectivity index (χ0v) is 5.89. The first-order valence-electron chi connectivity index (χ1n) is 2.90. The van der Waals surface area contributed by atoms with Crippen molar-refractivity contribution >= 4 is 6.01 Å². The molecule has 0 spiro atoms. The predicted octanol–water partition coefficient (Wildman–Crippen LogP) is 1.46. The smallest absolute Gasteiger partial charge is 0.292 e. The quantitative estimate of drug-likeness (QED) is 0.649. The van der Waals surface area contributed by atoms with E-state index in [4.69, 9.17) is 5.73 Å². The van der Waals surface area contributed by atoms with Crippen LogP contribution >= 0.6 is 0 Å². The second kappa shape index (κ2) is 1.97. The topological polar surface area (TPSA) is 52.0 Å². The number of rotatable bonds is 1. The van der Waals surface area contributed by atoms with E-state index in [0.29, 0.717) is 0 Å². The summed E-state index contributed by atoms with van der Waals surface area (Å²) in [4.78, 5) is 3.62. The second-order valence-corrected chi connectivity index (χ2v) is 2.54. The summed E-state index contributed by atoms with van der Waals surface area (Å²) in [6, 6.07) is 0.000671. The van der Waals surface area contributed by atoms with Crippen molar-refractivity contribution in [3.63, 3.8) is 0 Å². The Morgan fingerprint density at radius 2 is 2.30 bits per heavy atom. The molecule has 3 nitrogen and oxygen atoms in total. The van der Waals surface area contributed by atoms with Crippen LogP contribution in [0.2, 0.25) is 0 Å². The normalized spacial score (nSPS) is 11.9. The van der Waals surface area contributed by atoms with E-state index < -0.39 is 5.67 Å². The third-order valence-corrected chi connectivity index (χ3v) is 1.13. The van der Waals surface area contributed by atoms with Crippen molar-refractivity contribution < 1.29 is 8.81 Å². The van der Waals surface area contributed by atoms with E-state index in [9.17, 15) is 4.39 Å². The Balaban J connectivity index is 2.96. The van der Waals surface area contributed by atoms with Gasteiger partial charge in [0.2, 0.25) is 0 Å². The van der Waals surface area contributed by atoms with Gasteiger partial charge in [-0.1, -0.05) is 0 Å². The van der Waals surface area contributed by atoms with E-state index in [1.807, 2.05) is 0 Å². The second-order valence-electron chi connectivity index (χ2n) is 2.54. The Kier molecular flexibility index (Phi) is 1.39. The summed E-state index contributed by atoms with van der Waals surface area (Å²) in [5.74, 6) is 0. The largest absolute Gasteiger partial charge is 0.432 e. The minimum atomic E-state index is -1.47. The molecule has 4 heteroatoms. The molecule has 0 aromatic carbocycles. The molecule has 1 aromatic heterocycles. The van der Waals surface area contributed by atoms with Crippen molar-refractivity contribution in [2.75, 3.05) is 5.73 Å². The van der Waals surface area contributed by atoms with E-state index in [1.165, 1.54) is 20.1 Å². The first-order chi connectivity index (χ1) is 4.50. The highest BCUT2D eigenvalue weighted by Gasteiger charge is 2.22. The fourth-order valence-electron chi connectivity index (χ4n) is 0.561. The molecule has 0 radical (unpaired) electrons. The van der Waals surface area contributed by atoms with Gasteiger partial charge in [-0.2, -0.15) is 4.98 Å². The fraction of sp³-hybridized carbons (Fsp3) is 0.500. The fourth-order valence-corrected chi connectivity index (χ4v) is 0.561. The first-order valence-corrected chi connectivity index (χ1v) is 2.90. The summed E-state index contributed by atoms with van der Waals surface area (Å²) in [7, 11) is 0. The molecular formula is C6H9FN2O. The predicted molar refractivity (Wildman–Crippen MR) is 35.0 cm³/mol. The number of aromatic nitrogens is 1. The van der Waals surface area contributed by atoms with Gasteiger partial charge in [-0.05, 0) is 13.8 Å². The van der Waals surface area contributed by atoms with Gasteiger partial charge in [-0.3, -0.25) is 0 Å². The third-order valence-electron chi connectivity index (χ3n) is 1.13. The number of hydrogen-bond donors (Lipinski definition) is 1. The van der Waals surface area contributed by atoms with E-state index in [2.05, 4.69) is 9.40 Å². The van der Waals surface area contributed by atoms with Gasteiger partial charge in [0.05, 0.1) is 0 Å². The zero-order chi connectivity index (χ0) is 7.78. The lowest BCUT2D eigenvalue weighted by molar-refractivity contribution is 0.214. The lowest BCUT2D eigenvalue weighted by Gasteiger charge is -2.07. The Bertz CT molecular complexity index is 226. The summed E-state index contributed by atoms with van der Waals surface area (Å²) < 4.78 is 17.6. The minimum Gasteiger partial charge on any atom is -0.432 e. The number of anilines is 1. The monoisotopic (exact) mass is 144 g/mol. The number of nitrogens with zero attached hydrogens (tertiary/aromatic N) is 1. The number of alkyl halides is 1. The molecule has 56 valence electrons. The Morgan fingerprint density at radius 1 is 1.70 bits per heavy atom. The van der Waals surface area contributed by atoms with Gasteiger partial charge in [0.1, 0.15) is 12.0 Å². The standard InChI is InChI=1S/C6H9FN2O/c1-6(2,7)4-3-10-5(8)9-4/h3H,1-2H3,(H2,8,9). The maximum Gasteiger partial charge on any atom is 0.292 e. The van der Waals surface area contributed by atoms with Crippen molar-refractivity contribution in [1.29, 1.82) is 0 Å². The van der Waals surface area contributed by atoms with Gasteiger partial charge < -0.3 is 10.2 Å². The molecule has 1 rings (SSSR count). The van der Waals surface area contributed by atoms with Crippen LogP contribution in [0, 0.1) is 0 Å². The average molecular weight is 144 g/mol. The van der Waals surface area contributed by atoms with Crippen LogP contribution in [0.15, 0.2) is 10.7 Å². The molecule has 2 N–H and O–H groups in total. The van der Waals surface area contributed by atoms with Crippen molar-refractivity contribution in [3.8, 4) is 0 Å². The van der Waals surface area contributed by atoms with Crippen molar-refractivity contribution in [1.82, 2.24) is 4.98 Å². The molecule has 0 fully saturated rings. The van der Waals surface area contributed by atoms with Gasteiger partial charge in [-0.25, -0.2) is 4.39 Å². The molecular weight excluding hydrogens is 135 g/mol. The highest BCUT2D eigenvalue weighted by Crippen LogP contribution is 2.23. The van der Waals surface area contributed by atoms with Crippen LogP contribution in [0.3, 0.4) is 0 Å². The van der Waals surface area contributed by atoms with Gasteiger partial charge >= 0.3 is 0 Å². The molecule has 0 unspecified atom stereocenters. The van der Waals surface area contributed by atoms with Crippen LogP contribution in [0.1, 0.15) is 19.5 Å². The Morgan fingerprint density at radius 3 is 2.50 bits per heavy atom. The van der Waals surface area contributed by atoms with E-state index in [1.54, 1.807) is 0 Å². The van der Waals surface area contributed by atoms with Gasteiger partial charge in [0.15, 0.2) is 5.67 Å². The first kappa shape index (κ1) is 7.05. The van der Waals surface area contributed by atoms with Gasteiger partial charge in [0.25, 0.3) is 6.01 Å². The third kappa shape index (κ3) is 1.26. The average Bonchev–Trinajstić information content (AvgIpc) is 2.11. The molecule has 0 atom stereocenters. The zero-order valence-electron chi connectivity index (χ0n) is 5.89. The number of hydrogen-bond acceptors (Lipinski definition) is 3. The summed E-state index contributed by atoms with van der Waals surface area (Å²) in [6.07, 6.45) is 1.22. The number of nitrogen functional groups attached to an aromatic ring is 1. The molecule has 0 saturated heterocycles. The molecule has 0 amide bonds. The molecule has 0 saturated carbocycles. The molecule has 1 aromatic rings. The lowest BCUT2D eigenvalue weighted by atomic mass is 10.1. The maximum atomic E-state index is 13.0. The van der Waals surface area contributed by atoms with Crippen LogP contribution in [-0.2, 0) is 5.67 Å². The van der Waals surface area contributed by atoms with E-state index >= 15 is 0 Å². The number of halogens is 1. The highest BCUT2D eigenvalue weighted by molar-refractivity contribution is 5.16. The molecule has 0 aliphatic rings. The number of oxazole rings is 1. The van der Waals surface area contributed by atoms with Crippen LogP contribution in [0.25, 0.3) is 0 Å². The molecule has 0 bridgehead atoms. The van der Waals surface area contributed by atoms with E-state index in [-0.39, 0.29) is 11.7 Å². The minimum absolute atomic E-state index is 0.000671. The van der Waals surface area contributed by atoms with Gasteiger partial charge in [-0.15, -0.1) is 0 Å². The van der Waals surface area contributed by atoms with Gasteiger partial charge in [0, 0.05) is 0 Å². The van der Waals surface area contributed by atoms with Crippen LogP contribution < -0.4 is 5.73 Å². The maximum absolute atomic E-state index is 13.0. The summed E-state index contributed by atoms with van der Waals surface area (Å²) in [5, 5.41) is 0. The SMILES string of the molecule is CC(C)(F)c1coc(N)n1. The van der Waals surface area contributed by atoms with Crippen molar-refractivity contribution in [2.24, 2.45) is 0 Å². The van der Waals surface area contributed by atoms with E-state index in [0.717, 1.165) is 0 Å². The van der Waals surface area contributed by atoms with Crippen LogP contribution in [0.5, 0.6) is 0 Å². The summed E-state index contributed by atoms with van der Waals surface area (Å²) in [6.45, 7) is 2.79. The summed E-state index contributed by atoms with van der Waals surface area (Å²) >= 11 is 0. The van der Waals surface area contributed by atoms with Crippen molar-refractivity contribution in [3.05, 3.63) is 12.0 Å². The highest BCUT2D eigenvalue weighted by atomic mass is 19.1. The summed E-state index contributed by atoms with van der Waals surface area (Å²) in [5.41, 5.74) is 3.89. The van der Waals surface area contributed by atoms with Crippen LogP contribution in [0.4, 0.5) is 10.4 Å². The molecule has 0 aliphatic heterocycles. The Hall–Kier alpha value is -1.06. The van der Waals surface area contributed by atoms with Crippen LogP contribution in [-0.4, -0.2) is 4.98 Å². The lowest BCUT2D eigenvalue weighted by Crippen LogP contribution is -2.09. The number of nitrogens with two attached hydrogens (primary N) is 1.